The van der Waals surface area contributed by atoms with E-state index in [1.165, 1.54) is 54.1 Å². The molecule has 3 aromatic carbocycles. The molecule has 0 aliphatic carbocycles. The normalized spacial score (nSPS) is 12.6. The summed E-state index contributed by atoms with van der Waals surface area (Å²) in [5.74, 6) is 0.286. The van der Waals surface area contributed by atoms with Crippen LogP contribution in [-0.2, 0) is 30.3 Å². The Bertz CT molecular complexity index is 2220. The first-order valence-corrected chi connectivity index (χ1v) is 19.2. The van der Waals surface area contributed by atoms with Gasteiger partial charge in [-0.3, -0.25) is 9.78 Å². The summed E-state index contributed by atoms with van der Waals surface area (Å²) in [7, 11) is 0. The summed E-state index contributed by atoms with van der Waals surface area (Å²) in [4.78, 5) is 18.4. The van der Waals surface area contributed by atoms with Gasteiger partial charge in [0.2, 0.25) is 0 Å². The van der Waals surface area contributed by atoms with Crippen LogP contribution in [0.1, 0.15) is 105 Å². The van der Waals surface area contributed by atoms with Gasteiger partial charge in [-0.25, -0.2) is 0 Å². The van der Waals surface area contributed by atoms with Gasteiger partial charge in [0.25, 0.3) is 0 Å². The molecule has 52 heavy (non-hydrogen) atoms. The second kappa shape index (κ2) is 16.2. The van der Waals surface area contributed by atoms with E-state index in [-0.39, 0.29) is 47.9 Å². The van der Waals surface area contributed by atoms with Crippen LogP contribution in [0.5, 0.6) is 0 Å². The molecule has 6 heteroatoms. The third kappa shape index (κ3) is 7.86. The Kier molecular flexibility index (Phi) is 12.8. The van der Waals surface area contributed by atoms with Gasteiger partial charge in [-0.1, -0.05) is 104 Å². The minimum Gasteiger partial charge on any atom is -0.512 e. The number of hydrogen-bond acceptors (Lipinski definition) is 5. The van der Waals surface area contributed by atoms with Crippen molar-refractivity contribution in [3.8, 4) is 21.7 Å². The molecule has 6 rings (SSSR count). The molecule has 3 aromatic heterocycles. The molecule has 0 fully saturated rings. The van der Waals surface area contributed by atoms with Crippen LogP contribution < -0.4 is 0 Å². The minimum atomic E-state index is -0.337. The average molecular weight is 893 g/mol. The van der Waals surface area contributed by atoms with Crippen molar-refractivity contribution < 1.29 is 34.4 Å². The third-order valence-corrected chi connectivity index (χ3v) is 12.6. The molecule has 3 heterocycles. The van der Waals surface area contributed by atoms with Gasteiger partial charge in [-0.2, -0.15) is 0 Å². The first-order chi connectivity index (χ1) is 24.1. The van der Waals surface area contributed by atoms with Crippen molar-refractivity contribution in [2.24, 2.45) is 10.8 Å². The fraction of sp³-hybridized carbons (Fsp3) is 0.391. The van der Waals surface area contributed by atoms with E-state index in [0.717, 1.165) is 47.9 Å². The Morgan fingerprint density at radius 2 is 1.54 bits per heavy atom. The molecule has 1 N–H and O–H groups in total. The van der Waals surface area contributed by atoms with E-state index in [1.54, 1.807) is 0 Å². The van der Waals surface area contributed by atoms with E-state index in [1.807, 2.05) is 71.4 Å². The Morgan fingerprint density at radius 1 is 0.885 bits per heavy atom. The van der Waals surface area contributed by atoms with Gasteiger partial charge >= 0.3 is 0 Å². The van der Waals surface area contributed by atoms with Crippen molar-refractivity contribution in [1.82, 2.24) is 4.98 Å². The zero-order chi connectivity index (χ0) is 37.3. The molecule has 0 amide bonds. The number of furan rings is 1. The van der Waals surface area contributed by atoms with Crippen LogP contribution in [0, 0.1) is 30.7 Å². The summed E-state index contributed by atoms with van der Waals surface area (Å²) in [5.41, 5.74) is 7.38. The van der Waals surface area contributed by atoms with Gasteiger partial charge in [0.15, 0.2) is 5.78 Å². The maximum atomic E-state index is 12.2. The second-order valence-corrected chi connectivity index (χ2v) is 16.6. The molecule has 0 atom stereocenters. The molecule has 0 bridgehead atoms. The van der Waals surface area contributed by atoms with Crippen molar-refractivity contribution in [3.63, 3.8) is 0 Å². The molecular formula is C46H54IrNO3S-. The molecule has 0 aliphatic heterocycles. The standard InChI is InChI=1S/C31H26NOS.C15H28O2.Ir/c1-18-17-33-25-12-8-11-23(27(18)25)30-19(2)28-26(34-30)13-14-32-29(28)21-15-20-9-6-7-10-22(20)24(16-21)31(3,4)5;1-7-14(5,8-2)12(16)11-13(17)15(6,9-3)10-4;/h6-14,16-17H,1-5H3;11,16H,7-10H2,1-6H3;/q-1;;/b;12-11-;. The summed E-state index contributed by atoms with van der Waals surface area (Å²) in [6.45, 7) is 23.2. The summed E-state index contributed by atoms with van der Waals surface area (Å²) < 4.78 is 7.04. The van der Waals surface area contributed by atoms with E-state index < -0.39 is 0 Å². The topological polar surface area (TPSA) is 63.3 Å². The van der Waals surface area contributed by atoms with Gasteiger partial charge in [0.1, 0.15) is 11.3 Å². The zero-order valence-corrected chi connectivity index (χ0v) is 35.9. The van der Waals surface area contributed by atoms with Crippen molar-refractivity contribution in [2.45, 2.75) is 107 Å². The SMILES string of the molecule is CCC(C)(CC)C(=O)/C=C(\O)C(C)(CC)CC.Cc1coc2cccc(-c3sc4ccnc(-c5[c-]c6ccccc6c(C(C)(C)C)c5)c4c3C)c12.[Ir]. The number of allylic oxidation sites excluding steroid dienone is 2. The van der Waals surface area contributed by atoms with Gasteiger partial charge in [-0.05, 0) is 73.6 Å². The van der Waals surface area contributed by atoms with Gasteiger partial charge in [-0.15, -0.1) is 40.5 Å². The number of nitrogens with zero attached hydrogens (tertiary/aromatic N) is 1. The maximum Gasteiger partial charge on any atom is 0.164 e. The first-order valence-electron chi connectivity index (χ1n) is 18.4. The Morgan fingerprint density at radius 3 is 2.17 bits per heavy atom. The summed E-state index contributed by atoms with van der Waals surface area (Å²) >= 11 is 1.83. The quantitative estimate of drug-likeness (QED) is 0.0892. The summed E-state index contributed by atoms with van der Waals surface area (Å²) in [5, 5.41) is 14.9. The molecular weight excluding hydrogens is 839 g/mol. The number of aryl methyl sites for hydroxylation is 2. The Hall–Kier alpha value is -3.57. The molecule has 0 saturated heterocycles. The number of thiophene rings is 1. The number of aliphatic hydroxyl groups is 1. The van der Waals surface area contributed by atoms with E-state index in [4.69, 9.17) is 9.40 Å². The second-order valence-electron chi connectivity index (χ2n) is 15.5. The van der Waals surface area contributed by atoms with Crippen LogP contribution in [0.3, 0.4) is 0 Å². The van der Waals surface area contributed by atoms with Crippen molar-refractivity contribution in [2.75, 3.05) is 0 Å². The van der Waals surface area contributed by atoms with Crippen LogP contribution in [-0.4, -0.2) is 15.9 Å². The number of ketones is 1. The van der Waals surface area contributed by atoms with E-state index in [0.29, 0.717) is 0 Å². The van der Waals surface area contributed by atoms with Crippen LogP contribution in [0.2, 0.25) is 0 Å². The number of rotatable bonds is 9. The summed E-state index contributed by atoms with van der Waals surface area (Å²) in [6, 6.07) is 23.0. The average Bonchev–Trinajstić information content (AvgIpc) is 3.69. The molecule has 0 saturated carbocycles. The molecule has 6 aromatic rings. The fourth-order valence-corrected chi connectivity index (χ4v) is 7.99. The van der Waals surface area contributed by atoms with Crippen molar-refractivity contribution in [1.29, 1.82) is 0 Å². The Balaban J connectivity index is 0.000000289. The molecule has 4 nitrogen and oxygen atoms in total. The molecule has 0 spiro atoms. The van der Waals surface area contributed by atoms with Gasteiger partial charge in [0, 0.05) is 69.4 Å². The van der Waals surface area contributed by atoms with Crippen LogP contribution >= 0.6 is 11.3 Å². The van der Waals surface area contributed by atoms with Crippen LogP contribution in [0.25, 0.3) is 53.5 Å². The monoisotopic (exact) mass is 893 g/mol. The van der Waals surface area contributed by atoms with Crippen LogP contribution in [0.15, 0.2) is 83.3 Å². The number of carbonyl (C=O) groups excluding carboxylic acids is 1. The zero-order valence-electron chi connectivity index (χ0n) is 32.7. The molecule has 277 valence electrons. The Labute approximate surface area is 328 Å². The number of hydrogen-bond donors (Lipinski definition) is 1. The molecule has 1 radical (unpaired) electrons. The van der Waals surface area contributed by atoms with E-state index >= 15 is 0 Å². The smallest absolute Gasteiger partial charge is 0.164 e. The molecule has 0 unspecified atom stereocenters. The summed E-state index contributed by atoms with van der Waals surface area (Å²) in [6.07, 6.45) is 8.53. The largest absolute Gasteiger partial charge is 0.512 e. The maximum absolute atomic E-state index is 12.2. The van der Waals surface area contributed by atoms with Crippen molar-refractivity contribution >= 4 is 48.9 Å². The van der Waals surface area contributed by atoms with Gasteiger partial charge < -0.3 is 9.52 Å². The van der Waals surface area contributed by atoms with E-state index in [9.17, 15) is 9.90 Å². The first kappa shape index (κ1) is 41.2. The van der Waals surface area contributed by atoms with Gasteiger partial charge in [0.05, 0.1) is 6.26 Å². The third-order valence-electron chi connectivity index (χ3n) is 11.3. The fourth-order valence-electron chi connectivity index (χ4n) is 6.75. The van der Waals surface area contributed by atoms with Crippen LogP contribution in [0.4, 0.5) is 0 Å². The number of fused-ring (bicyclic) bond motifs is 3. The predicted molar refractivity (Wildman–Crippen MR) is 218 cm³/mol. The minimum absolute atomic E-state index is 0. The van der Waals surface area contributed by atoms with E-state index in [2.05, 4.69) is 89.2 Å². The van der Waals surface area contributed by atoms with Crippen molar-refractivity contribution in [3.05, 3.63) is 102 Å². The predicted octanol–water partition coefficient (Wildman–Crippen LogP) is 13.9. The molecule has 0 aliphatic rings. The number of pyridine rings is 1. The number of benzene rings is 3. The number of carbonyl (C=O) groups is 1. The number of aliphatic hydroxyl groups excluding tert-OH is 1. The number of aromatic nitrogens is 1.